The molecule has 1 aliphatic heterocycles. The third-order valence-electron chi connectivity index (χ3n) is 4.74. The highest BCUT2D eigenvalue weighted by Crippen LogP contribution is 2.45. The number of nitrogens with one attached hydrogen (secondary N) is 2. The van der Waals surface area contributed by atoms with Gasteiger partial charge in [-0.15, -0.1) is 11.3 Å². The lowest BCUT2D eigenvalue weighted by Crippen LogP contribution is -2.36. The molecule has 0 radical (unpaired) electrons. The van der Waals surface area contributed by atoms with E-state index in [9.17, 15) is 22.4 Å². The first-order valence-corrected chi connectivity index (χ1v) is 9.67. The molecule has 0 saturated carbocycles. The van der Waals surface area contributed by atoms with Gasteiger partial charge in [-0.1, -0.05) is 18.2 Å². The molecule has 1 amide bonds. The molecule has 0 fully saturated rings. The summed E-state index contributed by atoms with van der Waals surface area (Å²) in [5.41, 5.74) is 0.695. The van der Waals surface area contributed by atoms with E-state index in [1.807, 2.05) is 0 Å². The van der Waals surface area contributed by atoms with Gasteiger partial charge in [0.1, 0.15) is 17.2 Å². The number of rotatable bonds is 4. The molecule has 0 bridgehead atoms. The van der Waals surface area contributed by atoms with Gasteiger partial charge in [0, 0.05) is 17.8 Å². The van der Waals surface area contributed by atoms with Crippen LogP contribution in [0.3, 0.4) is 0 Å². The highest BCUT2D eigenvalue weighted by Gasteiger charge is 2.47. The smallest absolute Gasteiger partial charge is 0.362 e. The van der Waals surface area contributed by atoms with Gasteiger partial charge in [0.15, 0.2) is 6.04 Å². The molecule has 3 heterocycles. The molecule has 0 unspecified atom stereocenters. The summed E-state index contributed by atoms with van der Waals surface area (Å²) in [4.78, 5) is 13.4. The van der Waals surface area contributed by atoms with Gasteiger partial charge in [0.05, 0.1) is 12.2 Å². The Balaban J connectivity index is 1.59. The number of fused-ring (bicyclic) bond motifs is 1. The van der Waals surface area contributed by atoms with Crippen molar-refractivity contribution < 1.29 is 22.4 Å². The molecule has 0 spiro atoms. The molecule has 0 aliphatic carbocycles. The predicted molar refractivity (Wildman–Crippen MR) is 100 cm³/mol. The topological polar surface area (TPSA) is 59.0 Å². The summed E-state index contributed by atoms with van der Waals surface area (Å²) in [6.45, 7) is 0.112. The van der Waals surface area contributed by atoms with E-state index in [0.717, 1.165) is 15.8 Å². The number of carbonyl (C=O) groups excluding carboxylic acids is 1. The number of hydrogen-bond donors (Lipinski definition) is 2. The van der Waals surface area contributed by atoms with Crippen molar-refractivity contribution in [2.24, 2.45) is 0 Å². The third kappa shape index (κ3) is 3.98. The molecule has 2 N–H and O–H groups in total. The first-order valence-electron chi connectivity index (χ1n) is 8.79. The van der Waals surface area contributed by atoms with Gasteiger partial charge in [-0.25, -0.2) is 9.07 Å². The lowest BCUT2D eigenvalue weighted by Gasteiger charge is -2.33. The number of benzene rings is 1. The van der Waals surface area contributed by atoms with E-state index >= 15 is 0 Å². The summed E-state index contributed by atoms with van der Waals surface area (Å²) in [6, 6.07) is 6.71. The molecule has 0 saturated heterocycles. The number of carbonyl (C=O) groups is 1. The van der Waals surface area contributed by atoms with Crippen molar-refractivity contribution in [2.75, 3.05) is 5.32 Å². The maximum absolute atomic E-state index is 13.6. The zero-order valence-corrected chi connectivity index (χ0v) is 15.7. The molecule has 2 aromatic heterocycles. The van der Waals surface area contributed by atoms with Crippen LogP contribution < -0.4 is 10.6 Å². The highest BCUT2D eigenvalue weighted by molar-refractivity contribution is 7.10. The second-order valence-corrected chi connectivity index (χ2v) is 7.65. The van der Waals surface area contributed by atoms with E-state index in [1.54, 1.807) is 17.5 Å². The highest BCUT2D eigenvalue weighted by atomic mass is 32.1. The Kier molecular flexibility index (Phi) is 5.03. The molecule has 3 aromatic rings. The van der Waals surface area contributed by atoms with Crippen LogP contribution in [0.2, 0.25) is 0 Å². The lowest BCUT2D eigenvalue weighted by atomic mass is 10.0. The average Bonchev–Trinajstić information content (AvgIpc) is 3.35. The van der Waals surface area contributed by atoms with Crippen molar-refractivity contribution in [3.63, 3.8) is 0 Å². The number of alkyl halides is 3. The first-order chi connectivity index (χ1) is 13.8. The average molecular weight is 424 g/mol. The molecule has 29 heavy (non-hydrogen) atoms. The Morgan fingerprint density at radius 3 is 2.69 bits per heavy atom. The largest absolute Gasteiger partial charge is 0.410 e. The summed E-state index contributed by atoms with van der Waals surface area (Å²) in [7, 11) is 0. The summed E-state index contributed by atoms with van der Waals surface area (Å²) in [5.74, 6) is -0.919. The van der Waals surface area contributed by atoms with E-state index in [4.69, 9.17) is 0 Å². The summed E-state index contributed by atoms with van der Waals surface area (Å²) >= 11 is 1.35. The van der Waals surface area contributed by atoms with Gasteiger partial charge < -0.3 is 10.6 Å². The van der Waals surface area contributed by atoms with Crippen molar-refractivity contribution in [3.8, 4) is 0 Å². The van der Waals surface area contributed by atoms with Crippen LogP contribution in [0.1, 0.15) is 39.3 Å². The number of hydrogen-bond acceptors (Lipinski definition) is 4. The normalized spacial score (nSPS) is 18.8. The summed E-state index contributed by atoms with van der Waals surface area (Å²) in [6.07, 6.45) is -3.58. The minimum atomic E-state index is -4.50. The van der Waals surface area contributed by atoms with E-state index in [2.05, 4.69) is 15.7 Å². The van der Waals surface area contributed by atoms with Crippen LogP contribution in [0.25, 0.3) is 0 Å². The number of aromatic nitrogens is 2. The van der Waals surface area contributed by atoms with Crippen LogP contribution in [0.5, 0.6) is 0 Å². The number of thiophene rings is 1. The molecule has 10 heteroatoms. The summed E-state index contributed by atoms with van der Waals surface area (Å²) in [5, 5.41) is 11.3. The van der Waals surface area contributed by atoms with E-state index < -0.39 is 30.0 Å². The molecule has 152 valence electrons. The van der Waals surface area contributed by atoms with Crippen molar-refractivity contribution in [3.05, 3.63) is 69.8 Å². The standard InChI is InChI=1S/C19H16F4N4OS/c20-12-5-3-11(4-6-12)9-24-18(28)13-10-25-27-16(19(21,22)23)8-14(26-17(13)27)15-2-1-7-29-15/h1-7,10,14,16,26H,8-9H2,(H,24,28)/t14-,16-/m0/s1. The van der Waals surface area contributed by atoms with Gasteiger partial charge >= 0.3 is 6.18 Å². The maximum Gasteiger partial charge on any atom is 0.410 e. The second-order valence-electron chi connectivity index (χ2n) is 6.67. The Hall–Kier alpha value is -2.88. The molecule has 2 atom stereocenters. The fraction of sp³-hybridized carbons (Fsp3) is 0.263. The van der Waals surface area contributed by atoms with Crippen LogP contribution in [-0.2, 0) is 6.54 Å². The zero-order valence-electron chi connectivity index (χ0n) is 14.9. The predicted octanol–water partition coefficient (Wildman–Crippen LogP) is 4.67. The molecular weight excluding hydrogens is 408 g/mol. The van der Waals surface area contributed by atoms with Gasteiger partial charge in [-0.2, -0.15) is 18.3 Å². The van der Waals surface area contributed by atoms with Crippen molar-refractivity contribution in [1.82, 2.24) is 15.1 Å². The fourth-order valence-corrected chi connectivity index (χ4v) is 4.08. The minimum Gasteiger partial charge on any atom is -0.362 e. The third-order valence-corrected chi connectivity index (χ3v) is 5.72. The summed E-state index contributed by atoms with van der Waals surface area (Å²) < 4.78 is 54.7. The van der Waals surface area contributed by atoms with Gasteiger partial charge in [-0.05, 0) is 29.1 Å². The van der Waals surface area contributed by atoms with Crippen LogP contribution in [0.15, 0.2) is 48.0 Å². The maximum atomic E-state index is 13.6. The van der Waals surface area contributed by atoms with E-state index in [0.29, 0.717) is 5.56 Å². The lowest BCUT2D eigenvalue weighted by molar-refractivity contribution is -0.173. The fourth-order valence-electron chi connectivity index (χ4n) is 3.28. The SMILES string of the molecule is O=C(NCc1ccc(F)cc1)c1cnn2c1N[C@H](c1cccs1)C[C@H]2C(F)(F)F. The quantitative estimate of drug-likeness (QED) is 0.599. The molecule has 1 aromatic carbocycles. The first kappa shape index (κ1) is 19.4. The Morgan fingerprint density at radius 2 is 2.03 bits per heavy atom. The van der Waals surface area contributed by atoms with Crippen LogP contribution in [0.4, 0.5) is 23.4 Å². The van der Waals surface area contributed by atoms with Crippen molar-refractivity contribution >= 4 is 23.1 Å². The minimum absolute atomic E-state index is 0.0302. The van der Waals surface area contributed by atoms with E-state index in [1.165, 1.54) is 35.6 Å². The number of anilines is 1. The van der Waals surface area contributed by atoms with Gasteiger partial charge in [-0.3, -0.25) is 4.79 Å². The Morgan fingerprint density at radius 1 is 1.28 bits per heavy atom. The van der Waals surface area contributed by atoms with Gasteiger partial charge in [0.25, 0.3) is 5.91 Å². The van der Waals surface area contributed by atoms with Crippen molar-refractivity contribution in [2.45, 2.75) is 31.2 Å². The second kappa shape index (κ2) is 7.51. The van der Waals surface area contributed by atoms with Crippen LogP contribution in [0, 0.1) is 5.82 Å². The molecular formula is C19H16F4N4OS. The monoisotopic (exact) mass is 424 g/mol. The number of halogens is 4. The van der Waals surface area contributed by atoms with Crippen molar-refractivity contribution in [1.29, 1.82) is 0 Å². The van der Waals surface area contributed by atoms with Crippen LogP contribution in [-0.4, -0.2) is 21.9 Å². The molecule has 5 nitrogen and oxygen atoms in total. The molecule has 1 aliphatic rings. The molecule has 4 rings (SSSR count). The number of nitrogens with zero attached hydrogens (tertiary/aromatic N) is 2. The van der Waals surface area contributed by atoms with Crippen LogP contribution >= 0.6 is 11.3 Å². The van der Waals surface area contributed by atoms with E-state index in [-0.39, 0.29) is 24.3 Å². The Bertz CT molecular complexity index is 998. The zero-order chi connectivity index (χ0) is 20.6. The van der Waals surface area contributed by atoms with Gasteiger partial charge in [0.2, 0.25) is 0 Å². The number of amides is 1. The Labute approximate surface area is 167 Å².